The SMILES string of the molecule is CC(=O)c1cccc(NC(=NC2CCC(CC3CCC(N)CC3)CC2)NC2CC2)c1. The van der Waals surface area contributed by atoms with Crippen LogP contribution >= 0.6 is 0 Å². The van der Waals surface area contributed by atoms with E-state index in [0.717, 1.165) is 29.0 Å². The second kappa shape index (κ2) is 9.95. The molecule has 3 aliphatic rings. The lowest BCUT2D eigenvalue weighted by atomic mass is 9.76. The molecule has 0 spiro atoms. The summed E-state index contributed by atoms with van der Waals surface area (Å²) in [6.45, 7) is 1.61. The number of nitrogens with one attached hydrogen (secondary N) is 2. The molecule has 0 unspecified atom stereocenters. The molecule has 164 valence electrons. The number of carbonyl (C=O) groups excluding carboxylic acids is 1. The Morgan fingerprint density at radius 3 is 2.30 bits per heavy atom. The highest BCUT2D eigenvalue weighted by Crippen LogP contribution is 2.36. The van der Waals surface area contributed by atoms with Gasteiger partial charge in [-0.15, -0.1) is 0 Å². The molecule has 4 rings (SSSR count). The van der Waals surface area contributed by atoms with Gasteiger partial charge >= 0.3 is 0 Å². The summed E-state index contributed by atoms with van der Waals surface area (Å²) in [5, 5.41) is 7.01. The number of guanidine groups is 1. The molecular weight excluding hydrogens is 372 g/mol. The third-order valence-electron chi connectivity index (χ3n) is 7.14. The number of aliphatic imine (C=N–C) groups is 1. The highest BCUT2D eigenvalue weighted by molar-refractivity contribution is 5.98. The Hall–Kier alpha value is -1.88. The van der Waals surface area contributed by atoms with Crippen molar-refractivity contribution in [2.45, 2.75) is 95.7 Å². The quantitative estimate of drug-likeness (QED) is 0.355. The molecule has 3 aliphatic carbocycles. The van der Waals surface area contributed by atoms with Gasteiger partial charge in [0.2, 0.25) is 0 Å². The molecule has 0 radical (unpaired) electrons. The van der Waals surface area contributed by atoms with Crippen molar-refractivity contribution >= 4 is 17.4 Å². The molecule has 30 heavy (non-hydrogen) atoms. The molecule has 5 nitrogen and oxygen atoms in total. The van der Waals surface area contributed by atoms with Crippen molar-refractivity contribution in [1.29, 1.82) is 0 Å². The minimum absolute atomic E-state index is 0.0885. The summed E-state index contributed by atoms with van der Waals surface area (Å²) in [5.74, 6) is 2.74. The number of hydrogen-bond donors (Lipinski definition) is 3. The smallest absolute Gasteiger partial charge is 0.196 e. The van der Waals surface area contributed by atoms with Crippen LogP contribution in [0.4, 0.5) is 5.69 Å². The second-order valence-electron chi connectivity index (χ2n) is 9.85. The zero-order valence-electron chi connectivity index (χ0n) is 18.4. The van der Waals surface area contributed by atoms with Gasteiger partial charge in [-0.25, -0.2) is 4.99 Å². The average molecular weight is 411 g/mol. The predicted octanol–water partition coefficient (Wildman–Crippen LogP) is 4.88. The number of nitrogens with two attached hydrogens (primary N) is 1. The van der Waals surface area contributed by atoms with Crippen LogP contribution in [-0.4, -0.2) is 29.9 Å². The van der Waals surface area contributed by atoms with E-state index in [2.05, 4.69) is 10.6 Å². The van der Waals surface area contributed by atoms with Crippen LogP contribution in [0.25, 0.3) is 0 Å². The number of benzene rings is 1. The minimum Gasteiger partial charge on any atom is -0.353 e. The topological polar surface area (TPSA) is 79.5 Å². The van der Waals surface area contributed by atoms with Crippen LogP contribution in [0.2, 0.25) is 0 Å². The highest BCUT2D eigenvalue weighted by atomic mass is 16.1. The Kier molecular flexibility index (Phi) is 7.08. The lowest BCUT2D eigenvalue weighted by Crippen LogP contribution is -2.34. The number of ketones is 1. The van der Waals surface area contributed by atoms with E-state index in [-0.39, 0.29) is 5.78 Å². The molecule has 3 saturated carbocycles. The van der Waals surface area contributed by atoms with Crippen LogP contribution in [0.15, 0.2) is 29.3 Å². The van der Waals surface area contributed by atoms with Crippen molar-refractivity contribution in [3.8, 4) is 0 Å². The maximum Gasteiger partial charge on any atom is 0.196 e. The molecule has 0 atom stereocenters. The van der Waals surface area contributed by atoms with Crippen molar-refractivity contribution in [2.24, 2.45) is 22.6 Å². The van der Waals surface area contributed by atoms with Crippen LogP contribution in [-0.2, 0) is 0 Å². The number of rotatable bonds is 6. The summed E-state index contributed by atoms with van der Waals surface area (Å²) in [4.78, 5) is 16.8. The summed E-state index contributed by atoms with van der Waals surface area (Å²) in [7, 11) is 0. The van der Waals surface area contributed by atoms with E-state index in [1.165, 1.54) is 70.6 Å². The molecule has 0 amide bonds. The zero-order chi connectivity index (χ0) is 20.9. The van der Waals surface area contributed by atoms with E-state index in [9.17, 15) is 4.79 Å². The third kappa shape index (κ3) is 6.31. The average Bonchev–Trinajstić information content (AvgIpc) is 3.55. The Balaban J connectivity index is 1.31. The lowest BCUT2D eigenvalue weighted by Gasteiger charge is -2.32. The summed E-state index contributed by atoms with van der Waals surface area (Å²) < 4.78 is 0. The summed E-state index contributed by atoms with van der Waals surface area (Å²) in [6.07, 6.45) is 13.9. The maximum absolute atomic E-state index is 11.7. The lowest BCUT2D eigenvalue weighted by molar-refractivity contribution is 0.101. The number of anilines is 1. The Labute approximate surface area is 181 Å². The first-order valence-electron chi connectivity index (χ1n) is 12.0. The normalized spacial score (nSPS) is 30.0. The van der Waals surface area contributed by atoms with Gasteiger partial charge in [-0.1, -0.05) is 12.1 Å². The van der Waals surface area contributed by atoms with E-state index in [1.54, 1.807) is 6.92 Å². The number of nitrogens with zero attached hydrogens (tertiary/aromatic N) is 1. The largest absolute Gasteiger partial charge is 0.353 e. The van der Waals surface area contributed by atoms with E-state index in [4.69, 9.17) is 10.7 Å². The predicted molar refractivity (Wildman–Crippen MR) is 124 cm³/mol. The summed E-state index contributed by atoms with van der Waals surface area (Å²) in [6, 6.07) is 9.10. The van der Waals surface area contributed by atoms with Crippen molar-refractivity contribution in [1.82, 2.24) is 5.32 Å². The fourth-order valence-corrected chi connectivity index (χ4v) is 5.07. The molecular formula is C25H38N4O. The van der Waals surface area contributed by atoms with Crippen LogP contribution < -0.4 is 16.4 Å². The third-order valence-corrected chi connectivity index (χ3v) is 7.14. The number of carbonyl (C=O) groups is 1. The van der Waals surface area contributed by atoms with Gasteiger partial charge in [0.15, 0.2) is 11.7 Å². The van der Waals surface area contributed by atoms with E-state index in [1.807, 2.05) is 24.3 Å². The van der Waals surface area contributed by atoms with E-state index < -0.39 is 0 Å². The Morgan fingerprint density at radius 1 is 1.00 bits per heavy atom. The van der Waals surface area contributed by atoms with Crippen LogP contribution in [0.1, 0.15) is 87.9 Å². The van der Waals surface area contributed by atoms with Crippen molar-refractivity contribution < 1.29 is 4.79 Å². The van der Waals surface area contributed by atoms with Crippen LogP contribution in [0.3, 0.4) is 0 Å². The van der Waals surface area contributed by atoms with E-state index in [0.29, 0.717) is 18.1 Å². The molecule has 0 aromatic heterocycles. The summed E-state index contributed by atoms with van der Waals surface area (Å²) in [5.41, 5.74) is 7.73. The first kappa shape index (κ1) is 21.4. The van der Waals surface area contributed by atoms with Gasteiger partial charge in [0, 0.05) is 23.3 Å². The first-order chi connectivity index (χ1) is 14.5. The van der Waals surface area contributed by atoms with Crippen molar-refractivity contribution in [3.63, 3.8) is 0 Å². The molecule has 0 saturated heterocycles. The van der Waals surface area contributed by atoms with E-state index >= 15 is 0 Å². The molecule has 3 fully saturated rings. The Bertz CT molecular complexity index is 741. The van der Waals surface area contributed by atoms with Crippen LogP contribution in [0, 0.1) is 11.8 Å². The molecule has 4 N–H and O–H groups in total. The first-order valence-corrected chi connectivity index (χ1v) is 12.0. The van der Waals surface area contributed by atoms with Gasteiger partial charge in [-0.05, 0) is 102 Å². The maximum atomic E-state index is 11.7. The van der Waals surface area contributed by atoms with Gasteiger partial charge in [0.1, 0.15) is 0 Å². The number of hydrogen-bond acceptors (Lipinski definition) is 3. The molecule has 1 aromatic carbocycles. The molecule has 5 heteroatoms. The van der Waals surface area contributed by atoms with Crippen molar-refractivity contribution in [3.05, 3.63) is 29.8 Å². The van der Waals surface area contributed by atoms with Gasteiger partial charge < -0.3 is 16.4 Å². The fourth-order valence-electron chi connectivity index (χ4n) is 5.07. The molecule has 0 heterocycles. The Morgan fingerprint density at radius 2 is 1.67 bits per heavy atom. The van der Waals surface area contributed by atoms with Gasteiger partial charge in [-0.3, -0.25) is 4.79 Å². The fraction of sp³-hybridized carbons (Fsp3) is 0.680. The second-order valence-corrected chi connectivity index (χ2v) is 9.85. The zero-order valence-corrected chi connectivity index (χ0v) is 18.4. The standard InChI is InChI=1S/C25H38N4O/c1-17(30)20-3-2-4-24(16-20)29-25(28-23-13-14-23)27-22-11-7-19(8-12-22)15-18-5-9-21(26)10-6-18/h2-4,16,18-19,21-23H,5-15,26H2,1H3,(H2,27,28,29). The minimum atomic E-state index is 0.0885. The number of Topliss-reactive ketones (excluding diaryl/α,β-unsaturated/α-hetero) is 1. The highest BCUT2D eigenvalue weighted by Gasteiger charge is 2.27. The molecule has 0 aliphatic heterocycles. The van der Waals surface area contributed by atoms with Crippen LogP contribution in [0.5, 0.6) is 0 Å². The molecule has 1 aromatic rings. The summed E-state index contributed by atoms with van der Waals surface area (Å²) >= 11 is 0. The monoisotopic (exact) mass is 410 g/mol. The molecule has 0 bridgehead atoms. The van der Waals surface area contributed by atoms with Gasteiger partial charge in [0.05, 0.1) is 6.04 Å². The van der Waals surface area contributed by atoms with Gasteiger partial charge in [0.25, 0.3) is 0 Å². The van der Waals surface area contributed by atoms with Crippen molar-refractivity contribution in [2.75, 3.05) is 5.32 Å². The van der Waals surface area contributed by atoms with Gasteiger partial charge in [-0.2, -0.15) is 0 Å².